The van der Waals surface area contributed by atoms with Gasteiger partial charge in [-0.3, -0.25) is 9.59 Å². The number of amides is 1. The van der Waals surface area contributed by atoms with E-state index in [1.165, 1.54) is 12.1 Å². The summed E-state index contributed by atoms with van der Waals surface area (Å²) in [5.41, 5.74) is 4.78. The Labute approximate surface area is 209 Å². The smallest absolute Gasteiger partial charge is 0.270 e. The number of ether oxygens (including phenoxy) is 1. The lowest BCUT2D eigenvalue weighted by Gasteiger charge is -2.27. The molecule has 1 atom stereocenters. The summed E-state index contributed by atoms with van der Waals surface area (Å²) in [6, 6.07) is 13.7. The molecule has 0 spiro atoms. The topological polar surface area (TPSA) is 94.5 Å². The highest BCUT2D eigenvalue weighted by Gasteiger charge is 2.32. The maximum atomic E-state index is 14.1. The molecule has 0 radical (unpaired) electrons. The number of benzene rings is 2. The molecule has 2 aromatic rings. The number of nitrogens with zero attached hydrogens (tertiary/aromatic N) is 2. The minimum Gasteiger partial charge on any atom is -0.381 e. The second-order valence-electron chi connectivity index (χ2n) is 8.51. The van der Waals surface area contributed by atoms with Gasteiger partial charge in [0.05, 0.1) is 11.6 Å². The molecule has 0 bridgehead atoms. The van der Waals surface area contributed by atoms with Gasteiger partial charge in [0.2, 0.25) is 6.23 Å². The van der Waals surface area contributed by atoms with E-state index < -0.39 is 6.23 Å². The molecule has 2 aliphatic rings. The number of nitriles is 1. The van der Waals surface area contributed by atoms with E-state index in [9.17, 15) is 19.2 Å². The van der Waals surface area contributed by atoms with E-state index in [0.29, 0.717) is 35.5 Å². The van der Waals surface area contributed by atoms with Crippen LogP contribution in [0.4, 0.5) is 10.1 Å². The van der Waals surface area contributed by atoms with Crippen molar-refractivity contribution in [1.29, 1.82) is 5.26 Å². The molecule has 2 N–H and O–H groups in total. The lowest BCUT2D eigenvalue weighted by Crippen LogP contribution is -2.45. The van der Waals surface area contributed by atoms with Gasteiger partial charge < -0.3 is 20.3 Å². The van der Waals surface area contributed by atoms with Crippen molar-refractivity contribution >= 4 is 17.4 Å². The molecule has 0 saturated carbocycles. The Balaban J connectivity index is 1.47. The lowest BCUT2D eigenvalue weighted by molar-refractivity contribution is -0.142. The van der Waals surface area contributed by atoms with Crippen LogP contribution in [-0.2, 0) is 27.4 Å². The van der Waals surface area contributed by atoms with E-state index in [1.807, 2.05) is 13.1 Å². The Morgan fingerprint density at radius 3 is 2.75 bits per heavy atom. The van der Waals surface area contributed by atoms with Crippen molar-refractivity contribution in [3.63, 3.8) is 0 Å². The standard InChI is InChI=1S/C28H27FN4O3/c1-3-36-28(33-16-22-10-11-26(34)18(2)23(22)17-33)27(35)32-15-21-9-8-19(13-30)12-25(21)31-14-20-6-4-5-7-24(20)29/h4-12,16,28,31H,3,14-15,17H2,1-2H3,(H,32,35). The van der Waals surface area contributed by atoms with Gasteiger partial charge in [-0.25, -0.2) is 4.39 Å². The second-order valence-corrected chi connectivity index (χ2v) is 8.51. The van der Waals surface area contributed by atoms with Crippen LogP contribution in [-0.4, -0.2) is 36.0 Å². The average Bonchev–Trinajstić information content (AvgIpc) is 3.32. The van der Waals surface area contributed by atoms with Gasteiger partial charge in [0.1, 0.15) is 5.82 Å². The molecule has 1 heterocycles. The molecule has 8 heteroatoms. The summed E-state index contributed by atoms with van der Waals surface area (Å²) in [5.74, 6) is -0.680. The van der Waals surface area contributed by atoms with Gasteiger partial charge in [0.25, 0.3) is 5.91 Å². The molecule has 0 saturated heterocycles. The predicted molar refractivity (Wildman–Crippen MR) is 134 cm³/mol. The van der Waals surface area contributed by atoms with Gasteiger partial charge in [0.15, 0.2) is 5.78 Å². The van der Waals surface area contributed by atoms with E-state index in [-0.39, 0.29) is 30.6 Å². The van der Waals surface area contributed by atoms with Crippen molar-refractivity contribution in [2.75, 3.05) is 18.5 Å². The van der Waals surface area contributed by atoms with Crippen LogP contribution >= 0.6 is 0 Å². The van der Waals surface area contributed by atoms with Gasteiger partial charge >= 0.3 is 0 Å². The number of hydrogen-bond donors (Lipinski definition) is 2. The Bertz CT molecular complexity index is 1320. The fourth-order valence-corrected chi connectivity index (χ4v) is 4.19. The van der Waals surface area contributed by atoms with Crippen LogP contribution in [0.15, 0.2) is 77.5 Å². The van der Waals surface area contributed by atoms with E-state index >= 15 is 0 Å². The number of rotatable bonds is 9. The Kier molecular flexibility index (Phi) is 7.62. The maximum absolute atomic E-state index is 14.1. The number of carbonyl (C=O) groups excluding carboxylic acids is 2. The zero-order valence-electron chi connectivity index (χ0n) is 20.2. The van der Waals surface area contributed by atoms with E-state index in [4.69, 9.17) is 4.74 Å². The minimum atomic E-state index is -0.870. The number of anilines is 1. The van der Waals surface area contributed by atoms with Crippen LogP contribution < -0.4 is 10.6 Å². The van der Waals surface area contributed by atoms with Crippen LogP contribution in [0.1, 0.15) is 30.5 Å². The Morgan fingerprint density at radius 1 is 1.19 bits per heavy atom. The second kappa shape index (κ2) is 11.0. The highest BCUT2D eigenvalue weighted by Crippen LogP contribution is 2.30. The number of hydrogen-bond acceptors (Lipinski definition) is 6. The normalized spacial score (nSPS) is 15.3. The number of carbonyl (C=O) groups is 2. The SMILES string of the molecule is CCOC(C(=O)NCc1ccc(C#N)cc1NCc1ccccc1F)N1C=C2C=CC(=O)C(C)=C2C1. The predicted octanol–water partition coefficient (Wildman–Crippen LogP) is 3.94. The molecule has 4 rings (SSSR count). The van der Waals surface area contributed by atoms with Crippen molar-refractivity contribution in [3.05, 3.63) is 100 Å². The third-order valence-corrected chi connectivity index (χ3v) is 6.20. The van der Waals surface area contributed by atoms with Crippen LogP contribution in [0.5, 0.6) is 0 Å². The first-order valence-electron chi connectivity index (χ1n) is 11.7. The van der Waals surface area contributed by atoms with Crippen LogP contribution in [0, 0.1) is 17.1 Å². The summed E-state index contributed by atoms with van der Waals surface area (Å²) in [4.78, 5) is 27.0. The molecule has 2 aromatic carbocycles. The summed E-state index contributed by atoms with van der Waals surface area (Å²) >= 11 is 0. The van der Waals surface area contributed by atoms with Gasteiger partial charge in [-0.15, -0.1) is 0 Å². The first-order chi connectivity index (χ1) is 17.4. The third kappa shape index (κ3) is 5.37. The number of fused-ring (bicyclic) bond motifs is 1. The van der Waals surface area contributed by atoms with Crippen molar-refractivity contribution in [3.8, 4) is 6.07 Å². The number of allylic oxidation sites excluding steroid dienone is 3. The molecule has 0 fully saturated rings. The monoisotopic (exact) mass is 486 g/mol. The molecule has 1 amide bonds. The summed E-state index contributed by atoms with van der Waals surface area (Å²) in [5, 5.41) is 15.4. The van der Waals surface area contributed by atoms with Crippen molar-refractivity contribution in [2.24, 2.45) is 0 Å². The number of halogens is 1. The third-order valence-electron chi connectivity index (χ3n) is 6.20. The zero-order valence-corrected chi connectivity index (χ0v) is 20.2. The van der Waals surface area contributed by atoms with E-state index in [2.05, 4.69) is 16.7 Å². The molecule has 184 valence electrons. The molecule has 0 aromatic heterocycles. The summed E-state index contributed by atoms with van der Waals surface area (Å²) < 4.78 is 19.8. The first-order valence-corrected chi connectivity index (χ1v) is 11.7. The van der Waals surface area contributed by atoms with Crippen molar-refractivity contribution in [1.82, 2.24) is 10.2 Å². The Morgan fingerprint density at radius 2 is 2.00 bits per heavy atom. The summed E-state index contributed by atoms with van der Waals surface area (Å²) in [7, 11) is 0. The van der Waals surface area contributed by atoms with Gasteiger partial charge in [-0.2, -0.15) is 5.26 Å². The molecular weight excluding hydrogens is 459 g/mol. The zero-order chi connectivity index (χ0) is 25.7. The maximum Gasteiger partial charge on any atom is 0.270 e. The highest BCUT2D eigenvalue weighted by atomic mass is 19.1. The van der Waals surface area contributed by atoms with Gasteiger partial charge in [0, 0.05) is 49.3 Å². The summed E-state index contributed by atoms with van der Waals surface area (Å²) in [6.07, 6.45) is 4.26. The molecule has 1 unspecified atom stereocenters. The molecular formula is C28H27FN4O3. The average molecular weight is 487 g/mol. The first kappa shape index (κ1) is 24.9. The highest BCUT2D eigenvalue weighted by molar-refractivity contribution is 6.06. The van der Waals surface area contributed by atoms with Gasteiger partial charge in [-0.05, 0) is 60.9 Å². The quantitative estimate of drug-likeness (QED) is 0.558. The van der Waals surface area contributed by atoms with Crippen molar-refractivity contribution < 1.29 is 18.7 Å². The van der Waals surface area contributed by atoms with E-state index in [0.717, 1.165) is 16.7 Å². The molecule has 7 nitrogen and oxygen atoms in total. The molecule has 36 heavy (non-hydrogen) atoms. The fraction of sp³-hybridized carbons (Fsp3) is 0.250. The number of nitrogens with one attached hydrogen (secondary N) is 2. The van der Waals surface area contributed by atoms with Crippen LogP contribution in [0.3, 0.4) is 0 Å². The molecule has 1 aliphatic carbocycles. The minimum absolute atomic E-state index is 0.0300. The van der Waals surface area contributed by atoms with Gasteiger partial charge in [-0.1, -0.05) is 24.3 Å². The molecule has 1 aliphatic heterocycles. The van der Waals surface area contributed by atoms with Crippen LogP contribution in [0.25, 0.3) is 0 Å². The Hall–Kier alpha value is -4.22. The van der Waals surface area contributed by atoms with E-state index in [1.54, 1.807) is 54.3 Å². The number of ketones is 1. The van der Waals surface area contributed by atoms with Crippen molar-refractivity contribution in [2.45, 2.75) is 33.2 Å². The largest absolute Gasteiger partial charge is 0.381 e. The van der Waals surface area contributed by atoms with Crippen LogP contribution in [0.2, 0.25) is 0 Å². The summed E-state index contributed by atoms with van der Waals surface area (Å²) in [6.45, 7) is 4.74. The lowest BCUT2D eigenvalue weighted by atomic mass is 9.95. The fourth-order valence-electron chi connectivity index (χ4n) is 4.19.